The van der Waals surface area contributed by atoms with Crippen molar-refractivity contribution in [3.8, 4) is 0 Å². The van der Waals surface area contributed by atoms with Gasteiger partial charge in [0.1, 0.15) is 0 Å². The van der Waals surface area contributed by atoms with Crippen molar-refractivity contribution < 1.29 is 4.79 Å². The maximum absolute atomic E-state index is 11.7. The Labute approximate surface area is 120 Å². The molecule has 5 heteroatoms. The van der Waals surface area contributed by atoms with E-state index < -0.39 is 0 Å². The number of hydrogen-bond acceptors (Lipinski definition) is 2. The standard InChI is InChI=1S/C14H14BrN3O/c1-10-5-6-13(9-16-10)18-14(19)17-8-11-3-2-4-12(15)7-11/h2-7,9H,8H2,1H3,(H2,17,18,19). The Morgan fingerprint density at radius 2 is 2.16 bits per heavy atom. The fourth-order valence-electron chi connectivity index (χ4n) is 1.55. The smallest absolute Gasteiger partial charge is 0.319 e. The zero-order valence-electron chi connectivity index (χ0n) is 10.5. The lowest BCUT2D eigenvalue weighted by Crippen LogP contribution is -2.28. The van der Waals surface area contributed by atoms with Gasteiger partial charge in [0, 0.05) is 16.7 Å². The maximum atomic E-state index is 11.7. The molecule has 98 valence electrons. The van der Waals surface area contributed by atoms with Crippen molar-refractivity contribution in [1.29, 1.82) is 0 Å². The molecule has 0 spiro atoms. The number of carbonyl (C=O) groups is 1. The summed E-state index contributed by atoms with van der Waals surface area (Å²) >= 11 is 3.39. The van der Waals surface area contributed by atoms with Crippen LogP contribution < -0.4 is 10.6 Å². The van der Waals surface area contributed by atoms with E-state index in [4.69, 9.17) is 0 Å². The van der Waals surface area contributed by atoms with E-state index in [1.165, 1.54) is 0 Å². The van der Waals surface area contributed by atoms with E-state index in [1.54, 1.807) is 6.20 Å². The van der Waals surface area contributed by atoms with Crippen molar-refractivity contribution in [1.82, 2.24) is 10.3 Å². The van der Waals surface area contributed by atoms with Crippen LogP contribution in [0.1, 0.15) is 11.3 Å². The Balaban J connectivity index is 1.86. The van der Waals surface area contributed by atoms with Crippen LogP contribution in [-0.2, 0) is 6.54 Å². The van der Waals surface area contributed by atoms with E-state index in [9.17, 15) is 4.79 Å². The summed E-state index contributed by atoms with van der Waals surface area (Å²) in [6, 6.07) is 11.2. The van der Waals surface area contributed by atoms with Crippen molar-refractivity contribution in [3.63, 3.8) is 0 Å². The molecule has 0 bridgehead atoms. The first-order chi connectivity index (χ1) is 9.13. The van der Waals surface area contributed by atoms with Gasteiger partial charge in [-0.3, -0.25) is 4.98 Å². The first-order valence-electron chi connectivity index (χ1n) is 5.85. The molecule has 2 N–H and O–H groups in total. The van der Waals surface area contributed by atoms with Crippen LogP contribution in [0, 0.1) is 6.92 Å². The monoisotopic (exact) mass is 319 g/mol. The van der Waals surface area contributed by atoms with E-state index in [-0.39, 0.29) is 6.03 Å². The zero-order chi connectivity index (χ0) is 13.7. The molecule has 0 radical (unpaired) electrons. The maximum Gasteiger partial charge on any atom is 0.319 e. The summed E-state index contributed by atoms with van der Waals surface area (Å²) in [5, 5.41) is 5.52. The van der Waals surface area contributed by atoms with Gasteiger partial charge in [-0.1, -0.05) is 28.1 Å². The van der Waals surface area contributed by atoms with Gasteiger partial charge in [-0.15, -0.1) is 0 Å². The van der Waals surface area contributed by atoms with Crippen LogP contribution in [0.25, 0.3) is 0 Å². The highest BCUT2D eigenvalue weighted by atomic mass is 79.9. The number of nitrogens with one attached hydrogen (secondary N) is 2. The van der Waals surface area contributed by atoms with Gasteiger partial charge in [-0.05, 0) is 36.8 Å². The molecule has 0 aliphatic rings. The third kappa shape index (κ3) is 4.37. The van der Waals surface area contributed by atoms with Gasteiger partial charge in [0.2, 0.25) is 0 Å². The van der Waals surface area contributed by atoms with Crippen molar-refractivity contribution in [2.24, 2.45) is 0 Å². The number of benzene rings is 1. The number of hydrogen-bond donors (Lipinski definition) is 2. The predicted molar refractivity (Wildman–Crippen MR) is 79.0 cm³/mol. The zero-order valence-corrected chi connectivity index (χ0v) is 12.1. The topological polar surface area (TPSA) is 54.0 Å². The van der Waals surface area contributed by atoms with E-state index in [2.05, 4.69) is 31.5 Å². The van der Waals surface area contributed by atoms with Gasteiger partial charge < -0.3 is 10.6 Å². The quantitative estimate of drug-likeness (QED) is 0.910. The van der Waals surface area contributed by atoms with Gasteiger partial charge in [0.25, 0.3) is 0 Å². The molecule has 2 rings (SSSR count). The molecule has 0 saturated carbocycles. The molecule has 0 unspecified atom stereocenters. The first-order valence-corrected chi connectivity index (χ1v) is 6.65. The number of anilines is 1. The SMILES string of the molecule is Cc1ccc(NC(=O)NCc2cccc(Br)c2)cn1. The fourth-order valence-corrected chi connectivity index (χ4v) is 1.99. The molecule has 2 amide bonds. The number of carbonyl (C=O) groups excluding carboxylic acids is 1. The highest BCUT2D eigenvalue weighted by Gasteiger charge is 2.02. The molecule has 2 aromatic rings. The van der Waals surface area contributed by atoms with Crippen LogP contribution >= 0.6 is 15.9 Å². The molecule has 1 aromatic carbocycles. The van der Waals surface area contributed by atoms with Gasteiger partial charge in [-0.2, -0.15) is 0 Å². The molecule has 1 heterocycles. The summed E-state index contributed by atoms with van der Waals surface area (Å²) in [6.45, 7) is 2.38. The van der Waals surface area contributed by atoms with Crippen LogP contribution in [0.3, 0.4) is 0 Å². The van der Waals surface area contributed by atoms with E-state index >= 15 is 0 Å². The number of aromatic nitrogens is 1. The van der Waals surface area contributed by atoms with Crippen LogP contribution in [0.5, 0.6) is 0 Å². The molecule has 0 fully saturated rings. The van der Waals surface area contributed by atoms with E-state index in [0.29, 0.717) is 12.2 Å². The second-order valence-corrected chi connectivity index (χ2v) is 5.04. The molecule has 4 nitrogen and oxygen atoms in total. The molecule has 0 aliphatic heterocycles. The van der Waals surface area contributed by atoms with Crippen LogP contribution in [0.4, 0.5) is 10.5 Å². The molecular formula is C14H14BrN3O. The Hall–Kier alpha value is -1.88. The Morgan fingerprint density at radius 1 is 1.32 bits per heavy atom. The Bertz CT molecular complexity index is 569. The summed E-state index contributed by atoms with van der Waals surface area (Å²) in [5.74, 6) is 0. The third-order valence-corrected chi connectivity index (χ3v) is 3.00. The Morgan fingerprint density at radius 3 is 2.84 bits per heavy atom. The summed E-state index contributed by atoms with van der Waals surface area (Å²) in [6.07, 6.45) is 1.63. The molecule has 0 atom stereocenters. The van der Waals surface area contributed by atoms with Gasteiger partial charge in [0.15, 0.2) is 0 Å². The lowest BCUT2D eigenvalue weighted by molar-refractivity contribution is 0.251. The van der Waals surface area contributed by atoms with Crippen LogP contribution in [-0.4, -0.2) is 11.0 Å². The van der Waals surface area contributed by atoms with Crippen LogP contribution in [0.15, 0.2) is 47.1 Å². The number of nitrogens with zero attached hydrogens (tertiary/aromatic N) is 1. The second kappa shape index (κ2) is 6.33. The second-order valence-electron chi connectivity index (χ2n) is 4.13. The molecule has 0 saturated heterocycles. The summed E-state index contributed by atoms with van der Waals surface area (Å²) in [5.41, 5.74) is 2.63. The summed E-state index contributed by atoms with van der Waals surface area (Å²) in [4.78, 5) is 15.8. The minimum Gasteiger partial charge on any atom is -0.334 e. The summed E-state index contributed by atoms with van der Waals surface area (Å²) in [7, 11) is 0. The highest BCUT2D eigenvalue weighted by molar-refractivity contribution is 9.10. The first kappa shape index (κ1) is 13.5. The number of rotatable bonds is 3. The lowest BCUT2D eigenvalue weighted by Gasteiger charge is -2.07. The molecule has 1 aromatic heterocycles. The number of halogens is 1. The highest BCUT2D eigenvalue weighted by Crippen LogP contribution is 2.11. The van der Waals surface area contributed by atoms with Gasteiger partial charge in [-0.25, -0.2) is 4.79 Å². The number of amides is 2. The van der Waals surface area contributed by atoms with Crippen LogP contribution in [0.2, 0.25) is 0 Å². The lowest BCUT2D eigenvalue weighted by atomic mass is 10.2. The fraction of sp³-hybridized carbons (Fsp3) is 0.143. The van der Waals surface area contributed by atoms with E-state index in [1.807, 2.05) is 43.3 Å². The predicted octanol–water partition coefficient (Wildman–Crippen LogP) is 3.47. The van der Waals surface area contributed by atoms with E-state index in [0.717, 1.165) is 15.7 Å². The summed E-state index contributed by atoms with van der Waals surface area (Å²) < 4.78 is 0.995. The number of aryl methyl sites for hydroxylation is 1. The minimum absolute atomic E-state index is 0.245. The minimum atomic E-state index is -0.245. The van der Waals surface area contributed by atoms with Gasteiger partial charge >= 0.3 is 6.03 Å². The molecule has 19 heavy (non-hydrogen) atoms. The van der Waals surface area contributed by atoms with Crippen molar-refractivity contribution in [2.75, 3.05) is 5.32 Å². The third-order valence-electron chi connectivity index (χ3n) is 2.51. The Kier molecular flexibility index (Phi) is 4.52. The average Bonchev–Trinajstić information content (AvgIpc) is 2.39. The van der Waals surface area contributed by atoms with Crippen molar-refractivity contribution in [3.05, 3.63) is 58.3 Å². The largest absolute Gasteiger partial charge is 0.334 e. The number of pyridine rings is 1. The molecular weight excluding hydrogens is 306 g/mol. The number of urea groups is 1. The van der Waals surface area contributed by atoms with Gasteiger partial charge in [0.05, 0.1) is 11.9 Å². The van der Waals surface area contributed by atoms with Crippen molar-refractivity contribution in [2.45, 2.75) is 13.5 Å². The van der Waals surface area contributed by atoms with Crippen molar-refractivity contribution >= 4 is 27.6 Å². The average molecular weight is 320 g/mol. The molecule has 0 aliphatic carbocycles. The normalized spacial score (nSPS) is 10.0.